The Labute approximate surface area is 140 Å². The van der Waals surface area contributed by atoms with E-state index in [1.807, 2.05) is 47.8 Å². The van der Waals surface area contributed by atoms with Crippen LogP contribution in [-0.2, 0) is 18.8 Å². The van der Waals surface area contributed by atoms with Crippen molar-refractivity contribution in [2.75, 3.05) is 31.2 Å². The number of anilines is 1. The monoisotopic (exact) mass is 365 g/mol. The number of hydrogen-bond acceptors (Lipinski definition) is 4. The minimum absolute atomic E-state index is 0. The Bertz CT molecular complexity index is 612. The first-order valence-corrected chi connectivity index (χ1v) is 7.09. The summed E-state index contributed by atoms with van der Waals surface area (Å²) in [5.74, 6) is 0.812. The standard InChI is InChI=1S/C15H20N5O.BrH/c1-18-7-8-19(2)15(18)17-16-13-3-5-14(6-4-13)20-9-11-21-12-10-20;/h3-8H,9-12H2,1-2H3;1H/q+1;/p-1. The van der Waals surface area contributed by atoms with Crippen molar-refractivity contribution in [3.8, 4) is 0 Å². The highest BCUT2D eigenvalue weighted by atomic mass is 79.9. The van der Waals surface area contributed by atoms with E-state index in [0.717, 1.165) is 37.9 Å². The molecule has 0 atom stereocenters. The molecule has 0 saturated carbocycles. The van der Waals surface area contributed by atoms with Crippen LogP contribution in [0.25, 0.3) is 0 Å². The molecule has 1 aromatic carbocycles. The van der Waals surface area contributed by atoms with Gasteiger partial charge in [0, 0.05) is 23.9 Å². The minimum atomic E-state index is 0. The highest BCUT2D eigenvalue weighted by molar-refractivity contribution is 5.52. The van der Waals surface area contributed by atoms with Crippen molar-refractivity contribution in [2.24, 2.45) is 24.3 Å². The summed E-state index contributed by atoms with van der Waals surface area (Å²) >= 11 is 0. The molecule has 118 valence electrons. The zero-order chi connectivity index (χ0) is 14.7. The van der Waals surface area contributed by atoms with Crippen LogP contribution >= 0.6 is 0 Å². The molecule has 0 bridgehead atoms. The first kappa shape index (κ1) is 16.6. The van der Waals surface area contributed by atoms with Gasteiger partial charge in [-0.05, 0) is 24.3 Å². The fourth-order valence-corrected chi connectivity index (χ4v) is 2.38. The molecule has 2 aromatic rings. The van der Waals surface area contributed by atoms with Crippen LogP contribution in [0, 0.1) is 0 Å². The van der Waals surface area contributed by atoms with E-state index < -0.39 is 0 Å². The van der Waals surface area contributed by atoms with Crippen LogP contribution in [0.1, 0.15) is 0 Å². The highest BCUT2D eigenvalue weighted by Crippen LogP contribution is 2.21. The van der Waals surface area contributed by atoms with Crippen molar-refractivity contribution in [2.45, 2.75) is 0 Å². The number of morpholine rings is 1. The predicted octanol–water partition coefficient (Wildman–Crippen LogP) is -0.894. The Morgan fingerprint density at radius 1 is 1.09 bits per heavy atom. The number of nitrogens with zero attached hydrogens (tertiary/aromatic N) is 5. The van der Waals surface area contributed by atoms with E-state index in [-0.39, 0.29) is 17.0 Å². The minimum Gasteiger partial charge on any atom is -1.00 e. The van der Waals surface area contributed by atoms with Gasteiger partial charge in [-0.2, -0.15) is 0 Å². The van der Waals surface area contributed by atoms with Crippen molar-refractivity contribution in [1.29, 1.82) is 0 Å². The van der Waals surface area contributed by atoms with Crippen LogP contribution < -0.4 is 26.4 Å². The van der Waals surface area contributed by atoms with Crippen LogP contribution in [0.3, 0.4) is 0 Å². The van der Waals surface area contributed by atoms with E-state index in [4.69, 9.17) is 4.74 Å². The number of imidazole rings is 1. The summed E-state index contributed by atoms with van der Waals surface area (Å²) in [4.78, 5) is 2.32. The Morgan fingerprint density at radius 2 is 1.77 bits per heavy atom. The van der Waals surface area contributed by atoms with Crippen molar-refractivity contribution in [3.63, 3.8) is 0 Å². The van der Waals surface area contributed by atoms with Crippen LogP contribution in [0.2, 0.25) is 0 Å². The predicted molar refractivity (Wildman–Crippen MR) is 80.2 cm³/mol. The summed E-state index contributed by atoms with van der Waals surface area (Å²) in [7, 11) is 3.91. The summed E-state index contributed by atoms with van der Waals surface area (Å²) in [6.07, 6.45) is 3.91. The van der Waals surface area contributed by atoms with E-state index in [1.54, 1.807) is 0 Å². The molecule has 0 spiro atoms. The van der Waals surface area contributed by atoms with Gasteiger partial charge in [0.05, 0.1) is 39.7 Å². The smallest absolute Gasteiger partial charge is 0.421 e. The van der Waals surface area contributed by atoms with Gasteiger partial charge in [0.1, 0.15) is 5.69 Å². The highest BCUT2D eigenvalue weighted by Gasteiger charge is 2.12. The van der Waals surface area contributed by atoms with Crippen molar-refractivity contribution in [1.82, 2.24) is 4.57 Å². The number of ether oxygens (including phenoxy) is 1. The summed E-state index contributed by atoms with van der Waals surface area (Å²) in [6, 6.07) is 8.17. The van der Waals surface area contributed by atoms with Gasteiger partial charge in [-0.25, -0.2) is 9.13 Å². The SMILES string of the molecule is Cn1cc[n+](C)c1N=Nc1ccc(N2CCOCC2)cc1.[Br-]. The average Bonchev–Trinajstić information content (AvgIpc) is 2.85. The van der Waals surface area contributed by atoms with Crippen molar-refractivity contribution in [3.05, 3.63) is 36.7 Å². The molecule has 7 heteroatoms. The van der Waals surface area contributed by atoms with Crippen LogP contribution in [0.15, 0.2) is 46.9 Å². The zero-order valence-electron chi connectivity index (χ0n) is 12.8. The number of halogens is 1. The fraction of sp³-hybridized carbons (Fsp3) is 0.400. The first-order valence-electron chi connectivity index (χ1n) is 7.09. The maximum Gasteiger partial charge on any atom is 0.421 e. The molecule has 0 aliphatic carbocycles. The van der Waals surface area contributed by atoms with Gasteiger partial charge in [0.2, 0.25) is 0 Å². The van der Waals surface area contributed by atoms with E-state index in [1.165, 1.54) is 5.69 Å². The molecule has 1 fully saturated rings. The summed E-state index contributed by atoms with van der Waals surface area (Å²) in [6.45, 7) is 3.48. The Kier molecular flexibility index (Phi) is 5.68. The topological polar surface area (TPSA) is 46.0 Å². The van der Waals surface area contributed by atoms with Gasteiger partial charge in [-0.3, -0.25) is 0 Å². The Balaban J connectivity index is 0.00000176. The number of azo groups is 1. The van der Waals surface area contributed by atoms with Crippen LogP contribution in [0.5, 0.6) is 0 Å². The van der Waals surface area contributed by atoms with E-state index in [2.05, 4.69) is 27.3 Å². The third-order valence-electron chi connectivity index (χ3n) is 3.63. The molecule has 1 saturated heterocycles. The molecule has 1 aliphatic rings. The molecule has 6 nitrogen and oxygen atoms in total. The molecule has 0 radical (unpaired) electrons. The van der Waals surface area contributed by atoms with Crippen LogP contribution in [0.4, 0.5) is 17.3 Å². The molecule has 0 unspecified atom stereocenters. The Hall–Kier alpha value is -1.73. The molecular formula is C15H20BrN5O. The van der Waals surface area contributed by atoms with E-state index >= 15 is 0 Å². The van der Waals surface area contributed by atoms with Gasteiger partial charge in [-0.1, -0.05) is 5.11 Å². The van der Waals surface area contributed by atoms with Crippen molar-refractivity contribution < 1.29 is 26.3 Å². The molecule has 2 heterocycles. The van der Waals surface area contributed by atoms with Gasteiger partial charge >= 0.3 is 5.95 Å². The number of rotatable bonds is 3. The summed E-state index contributed by atoms with van der Waals surface area (Å²) in [5, 5.41) is 8.59. The third kappa shape index (κ3) is 3.72. The second kappa shape index (κ2) is 7.51. The molecule has 22 heavy (non-hydrogen) atoms. The molecule has 3 rings (SSSR count). The second-order valence-electron chi connectivity index (χ2n) is 5.14. The molecular weight excluding hydrogens is 346 g/mol. The van der Waals surface area contributed by atoms with Crippen LogP contribution in [-0.4, -0.2) is 30.9 Å². The number of aryl methyl sites for hydroxylation is 2. The molecule has 0 N–H and O–H groups in total. The molecule has 1 aliphatic heterocycles. The lowest BCUT2D eigenvalue weighted by Gasteiger charge is -2.28. The summed E-state index contributed by atoms with van der Waals surface area (Å²) < 4.78 is 9.24. The molecule has 0 amide bonds. The Morgan fingerprint density at radius 3 is 2.36 bits per heavy atom. The second-order valence-corrected chi connectivity index (χ2v) is 5.14. The van der Waals surface area contributed by atoms with Gasteiger partial charge in [0.15, 0.2) is 0 Å². The number of benzene rings is 1. The van der Waals surface area contributed by atoms with E-state index in [0.29, 0.717) is 0 Å². The maximum atomic E-state index is 5.37. The third-order valence-corrected chi connectivity index (χ3v) is 3.63. The number of hydrogen-bond donors (Lipinski definition) is 0. The summed E-state index contributed by atoms with van der Waals surface area (Å²) in [5.41, 5.74) is 2.06. The lowest BCUT2D eigenvalue weighted by Crippen LogP contribution is -3.00. The van der Waals surface area contributed by atoms with Gasteiger partial charge in [0.25, 0.3) is 0 Å². The maximum absolute atomic E-state index is 5.37. The number of aromatic nitrogens is 2. The lowest BCUT2D eigenvalue weighted by molar-refractivity contribution is -0.657. The lowest BCUT2D eigenvalue weighted by atomic mass is 10.2. The fourth-order valence-electron chi connectivity index (χ4n) is 2.38. The first-order chi connectivity index (χ1) is 10.2. The largest absolute Gasteiger partial charge is 1.00 e. The van der Waals surface area contributed by atoms with Gasteiger partial charge in [-0.15, -0.1) is 0 Å². The zero-order valence-corrected chi connectivity index (χ0v) is 14.4. The van der Waals surface area contributed by atoms with Gasteiger partial charge < -0.3 is 26.6 Å². The van der Waals surface area contributed by atoms with E-state index in [9.17, 15) is 0 Å². The normalized spacial score (nSPS) is 15.1. The molecule has 1 aromatic heterocycles. The quantitative estimate of drug-likeness (QED) is 0.523. The van der Waals surface area contributed by atoms with Crippen molar-refractivity contribution >= 4 is 17.3 Å². The average molecular weight is 366 g/mol.